The van der Waals surface area contributed by atoms with E-state index >= 15 is 0 Å². The molecule has 6 nitrogen and oxygen atoms in total. The highest BCUT2D eigenvalue weighted by molar-refractivity contribution is 6.32. The van der Waals surface area contributed by atoms with Gasteiger partial charge in [0.2, 0.25) is 0 Å². The van der Waals surface area contributed by atoms with Crippen molar-refractivity contribution < 1.29 is 23.7 Å². The predicted octanol–water partition coefficient (Wildman–Crippen LogP) is 3.61. The van der Waals surface area contributed by atoms with Crippen LogP contribution >= 0.6 is 11.6 Å². The number of benzene rings is 1. The molecule has 1 atom stereocenters. The lowest BCUT2D eigenvalue weighted by Gasteiger charge is -2.34. The summed E-state index contributed by atoms with van der Waals surface area (Å²) in [6.45, 7) is 7.23. The Labute approximate surface area is 165 Å². The van der Waals surface area contributed by atoms with Gasteiger partial charge in [-0.3, -0.25) is 4.79 Å². The van der Waals surface area contributed by atoms with Gasteiger partial charge in [-0.2, -0.15) is 0 Å². The van der Waals surface area contributed by atoms with Crippen LogP contribution in [-0.2, 0) is 9.47 Å². The summed E-state index contributed by atoms with van der Waals surface area (Å²) in [7, 11) is 1.55. The number of amides is 1. The molecule has 2 aliphatic heterocycles. The van der Waals surface area contributed by atoms with Crippen LogP contribution < -0.4 is 9.47 Å². The highest BCUT2D eigenvalue weighted by atomic mass is 35.5. The lowest BCUT2D eigenvalue weighted by molar-refractivity contribution is -0.0969. The fourth-order valence-corrected chi connectivity index (χ4v) is 3.75. The van der Waals surface area contributed by atoms with E-state index in [-0.39, 0.29) is 18.1 Å². The fraction of sp³-hybridized carbons (Fsp3) is 0.650. The van der Waals surface area contributed by atoms with Crippen LogP contribution in [0.1, 0.15) is 37.0 Å². The van der Waals surface area contributed by atoms with Gasteiger partial charge in [0.15, 0.2) is 17.8 Å². The molecule has 3 rings (SSSR count). The number of nitrogens with zero attached hydrogens (tertiary/aromatic N) is 1. The molecule has 1 unspecified atom stereocenters. The van der Waals surface area contributed by atoms with E-state index in [4.69, 9.17) is 30.5 Å². The van der Waals surface area contributed by atoms with Crippen LogP contribution in [0.15, 0.2) is 12.1 Å². The second-order valence-electron chi connectivity index (χ2n) is 7.46. The van der Waals surface area contributed by atoms with Gasteiger partial charge in [-0.25, -0.2) is 0 Å². The van der Waals surface area contributed by atoms with Crippen LogP contribution in [0.5, 0.6) is 11.5 Å². The van der Waals surface area contributed by atoms with Gasteiger partial charge in [-0.15, -0.1) is 0 Å². The summed E-state index contributed by atoms with van der Waals surface area (Å²) < 4.78 is 22.4. The molecule has 2 aliphatic rings. The van der Waals surface area contributed by atoms with Gasteiger partial charge in [0.1, 0.15) is 0 Å². The number of halogens is 1. The molecule has 0 N–H and O–H groups in total. The number of piperidine rings is 1. The quantitative estimate of drug-likeness (QED) is 0.733. The second kappa shape index (κ2) is 9.13. The molecule has 0 aliphatic carbocycles. The minimum absolute atomic E-state index is 0.0618. The first kappa shape index (κ1) is 20.2. The summed E-state index contributed by atoms with van der Waals surface area (Å²) >= 11 is 6.40. The van der Waals surface area contributed by atoms with Crippen LogP contribution in [0.25, 0.3) is 0 Å². The SMILES string of the molecule is COc1cc(C(=O)N2CCCC(C3OCCO3)C2)cc(Cl)c1OCC(C)C. The predicted molar refractivity (Wildman–Crippen MR) is 103 cm³/mol. The molecule has 7 heteroatoms. The molecule has 0 bridgehead atoms. The van der Waals surface area contributed by atoms with Crippen LogP contribution in [0.3, 0.4) is 0 Å². The van der Waals surface area contributed by atoms with Crippen molar-refractivity contribution in [1.29, 1.82) is 0 Å². The minimum atomic E-state index is -0.203. The van der Waals surface area contributed by atoms with E-state index in [9.17, 15) is 4.79 Å². The molecule has 2 heterocycles. The van der Waals surface area contributed by atoms with Gasteiger partial charge in [-0.1, -0.05) is 25.4 Å². The van der Waals surface area contributed by atoms with Crippen molar-refractivity contribution in [3.63, 3.8) is 0 Å². The summed E-state index contributed by atoms with van der Waals surface area (Å²) in [5.74, 6) is 1.46. The van der Waals surface area contributed by atoms with Crippen molar-refractivity contribution in [2.75, 3.05) is 40.0 Å². The summed E-state index contributed by atoms with van der Waals surface area (Å²) in [5, 5.41) is 0.384. The van der Waals surface area contributed by atoms with E-state index in [0.717, 1.165) is 12.8 Å². The maximum atomic E-state index is 13.0. The third-order valence-electron chi connectivity index (χ3n) is 4.81. The topological polar surface area (TPSA) is 57.2 Å². The van der Waals surface area contributed by atoms with Gasteiger partial charge in [0.25, 0.3) is 5.91 Å². The molecule has 0 spiro atoms. The number of likely N-dealkylation sites (tertiary alicyclic amines) is 1. The Morgan fingerprint density at radius 1 is 1.33 bits per heavy atom. The third kappa shape index (κ3) is 4.86. The van der Waals surface area contributed by atoms with Crippen molar-refractivity contribution in [2.45, 2.75) is 33.0 Å². The Hall–Kier alpha value is -1.50. The molecule has 0 radical (unpaired) electrons. The number of hydrogen-bond acceptors (Lipinski definition) is 5. The van der Waals surface area contributed by atoms with Gasteiger partial charge in [0.05, 0.1) is 32.0 Å². The largest absolute Gasteiger partial charge is 0.493 e. The van der Waals surface area contributed by atoms with E-state index in [1.54, 1.807) is 19.2 Å². The molecule has 0 aromatic heterocycles. The van der Waals surface area contributed by atoms with E-state index in [2.05, 4.69) is 13.8 Å². The summed E-state index contributed by atoms with van der Waals surface area (Å²) in [6.07, 6.45) is 1.73. The number of carbonyl (C=O) groups is 1. The van der Waals surface area contributed by atoms with E-state index in [1.807, 2.05) is 4.90 Å². The zero-order valence-electron chi connectivity index (χ0n) is 16.2. The smallest absolute Gasteiger partial charge is 0.254 e. The Balaban J connectivity index is 1.74. The van der Waals surface area contributed by atoms with Crippen molar-refractivity contribution in [3.8, 4) is 11.5 Å². The number of methoxy groups -OCH3 is 1. The lowest BCUT2D eigenvalue weighted by atomic mass is 9.96. The molecule has 1 amide bonds. The molecule has 2 saturated heterocycles. The zero-order chi connectivity index (χ0) is 19.4. The molecule has 2 fully saturated rings. The molecule has 27 heavy (non-hydrogen) atoms. The number of carbonyl (C=O) groups excluding carboxylic acids is 1. The standard InChI is InChI=1S/C20H28ClNO5/c1-13(2)12-27-18-16(21)9-15(10-17(18)24-3)19(23)22-6-4-5-14(11-22)20-25-7-8-26-20/h9-10,13-14,20H,4-8,11-12H2,1-3H3. The number of hydrogen-bond donors (Lipinski definition) is 0. The summed E-state index contributed by atoms with van der Waals surface area (Å²) in [4.78, 5) is 14.9. The molecule has 150 valence electrons. The van der Waals surface area contributed by atoms with Crippen LogP contribution in [0.4, 0.5) is 0 Å². The van der Waals surface area contributed by atoms with Crippen molar-refractivity contribution in [1.82, 2.24) is 4.90 Å². The maximum Gasteiger partial charge on any atom is 0.254 e. The van der Waals surface area contributed by atoms with E-state index in [0.29, 0.717) is 60.9 Å². The monoisotopic (exact) mass is 397 g/mol. The first-order valence-corrected chi connectivity index (χ1v) is 9.90. The summed E-state index contributed by atoms with van der Waals surface area (Å²) in [5.41, 5.74) is 0.502. The maximum absolute atomic E-state index is 13.0. The van der Waals surface area contributed by atoms with Crippen molar-refractivity contribution in [2.24, 2.45) is 11.8 Å². The molecule has 1 aromatic rings. The fourth-order valence-electron chi connectivity index (χ4n) is 3.48. The average Bonchev–Trinajstić information content (AvgIpc) is 3.20. The normalized spacial score (nSPS) is 20.9. The van der Waals surface area contributed by atoms with Crippen molar-refractivity contribution >= 4 is 17.5 Å². The average molecular weight is 398 g/mol. The zero-order valence-corrected chi connectivity index (χ0v) is 17.0. The van der Waals surface area contributed by atoms with Crippen LogP contribution in [-0.4, -0.2) is 57.1 Å². The minimum Gasteiger partial charge on any atom is -0.493 e. The highest BCUT2D eigenvalue weighted by Gasteiger charge is 2.33. The number of ether oxygens (including phenoxy) is 4. The molecular formula is C20H28ClNO5. The van der Waals surface area contributed by atoms with Gasteiger partial charge in [-0.05, 0) is 30.9 Å². The summed E-state index contributed by atoms with van der Waals surface area (Å²) in [6, 6.07) is 3.37. The van der Waals surface area contributed by atoms with E-state index in [1.165, 1.54) is 0 Å². The molecular weight excluding hydrogens is 370 g/mol. The first-order chi connectivity index (χ1) is 13.0. The highest BCUT2D eigenvalue weighted by Crippen LogP contribution is 2.37. The van der Waals surface area contributed by atoms with Crippen molar-refractivity contribution in [3.05, 3.63) is 22.7 Å². The van der Waals surface area contributed by atoms with Gasteiger partial charge >= 0.3 is 0 Å². The second-order valence-corrected chi connectivity index (χ2v) is 7.86. The Kier molecular flexibility index (Phi) is 6.84. The Bertz CT molecular complexity index is 660. The van der Waals surface area contributed by atoms with Gasteiger partial charge in [0, 0.05) is 24.6 Å². The first-order valence-electron chi connectivity index (χ1n) is 9.52. The lowest BCUT2D eigenvalue weighted by Crippen LogP contribution is -2.43. The molecule has 0 saturated carbocycles. The van der Waals surface area contributed by atoms with Gasteiger partial charge < -0.3 is 23.8 Å². The number of rotatable bonds is 6. The third-order valence-corrected chi connectivity index (χ3v) is 5.10. The van der Waals surface area contributed by atoms with Crippen LogP contribution in [0, 0.1) is 11.8 Å². The van der Waals surface area contributed by atoms with E-state index < -0.39 is 0 Å². The Morgan fingerprint density at radius 3 is 2.74 bits per heavy atom. The van der Waals surface area contributed by atoms with Crippen LogP contribution in [0.2, 0.25) is 5.02 Å². The Morgan fingerprint density at radius 2 is 2.07 bits per heavy atom. The molecule has 1 aromatic carbocycles.